The maximum Gasteiger partial charge on any atom is 0.271 e. The molecule has 0 unspecified atom stereocenters. The van der Waals surface area contributed by atoms with Crippen LogP contribution in [0.25, 0.3) is 10.2 Å². The van der Waals surface area contributed by atoms with Crippen molar-refractivity contribution in [1.82, 2.24) is 20.4 Å². The summed E-state index contributed by atoms with van der Waals surface area (Å²) in [5, 5.41) is 1.14. The highest BCUT2D eigenvalue weighted by molar-refractivity contribution is 7.18. The molecule has 0 saturated heterocycles. The Morgan fingerprint density at radius 1 is 1.21 bits per heavy atom. The number of thiophene rings is 1. The van der Waals surface area contributed by atoms with Gasteiger partial charge < -0.3 is 0 Å². The number of nitrogens with zero attached hydrogens (tertiary/aromatic N) is 2. The molecule has 0 spiro atoms. The number of halogens is 2. The minimum absolute atomic E-state index is 0.0151. The van der Waals surface area contributed by atoms with Crippen molar-refractivity contribution in [3.63, 3.8) is 0 Å². The number of hydrogen-bond donors (Lipinski definition) is 2. The molecule has 3 rings (SSSR count). The molecule has 1 aromatic carbocycles. The fourth-order valence-corrected chi connectivity index (χ4v) is 3.94. The summed E-state index contributed by atoms with van der Waals surface area (Å²) in [4.78, 5) is 42.7. The lowest BCUT2D eigenvalue weighted by Gasteiger charge is -2.09. The molecular weight excluding hydrogens is 423 g/mol. The van der Waals surface area contributed by atoms with Gasteiger partial charge in [-0.3, -0.25) is 29.8 Å². The van der Waals surface area contributed by atoms with E-state index in [0.29, 0.717) is 15.2 Å². The van der Waals surface area contributed by atoms with Gasteiger partial charge in [-0.15, -0.1) is 11.3 Å². The summed E-state index contributed by atoms with van der Waals surface area (Å²) in [7, 11) is 0. The Kier molecular flexibility index (Phi) is 6.02. The van der Waals surface area contributed by atoms with Crippen LogP contribution in [0, 0.1) is 13.8 Å². The standard InChI is InChI=1S/C18H16Cl2N4O3S/c1-9-10(2)28-17-15(9)18(27)24(8-21-17)6-5-14(25)22-23-16(26)12-7-11(19)3-4-13(12)20/h3-4,7-8H,5-6H2,1-2H3,(H,22,25)(H,23,26). The molecular formula is C18H16Cl2N4O3S. The number of hydrogen-bond acceptors (Lipinski definition) is 5. The van der Waals surface area contributed by atoms with Crippen LogP contribution < -0.4 is 16.4 Å². The van der Waals surface area contributed by atoms with E-state index in [2.05, 4.69) is 15.8 Å². The first-order valence-corrected chi connectivity index (χ1v) is 9.84. The zero-order chi connectivity index (χ0) is 20.4. The normalized spacial score (nSPS) is 10.9. The molecule has 2 amide bonds. The molecule has 7 nitrogen and oxygen atoms in total. The highest BCUT2D eigenvalue weighted by Crippen LogP contribution is 2.25. The van der Waals surface area contributed by atoms with E-state index in [1.165, 1.54) is 34.4 Å². The van der Waals surface area contributed by atoms with Crippen LogP contribution in [-0.4, -0.2) is 21.4 Å². The van der Waals surface area contributed by atoms with E-state index in [-0.39, 0.29) is 29.1 Å². The lowest BCUT2D eigenvalue weighted by Crippen LogP contribution is -2.42. The van der Waals surface area contributed by atoms with E-state index < -0.39 is 11.8 Å². The average Bonchev–Trinajstić information content (AvgIpc) is 2.96. The van der Waals surface area contributed by atoms with E-state index in [0.717, 1.165) is 10.4 Å². The SMILES string of the molecule is Cc1sc2ncn(CCC(=O)NNC(=O)c3cc(Cl)ccc3Cl)c(=O)c2c1C. The lowest BCUT2D eigenvalue weighted by atomic mass is 10.2. The number of carbonyl (C=O) groups is 2. The molecule has 10 heteroatoms. The highest BCUT2D eigenvalue weighted by atomic mass is 35.5. The summed E-state index contributed by atoms with van der Waals surface area (Å²) in [5.74, 6) is -1.05. The molecule has 2 aromatic heterocycles. The topological polar surface area (TPSA) is 93.1 Å². The lowest BCUT2D eigenvalue weighted by molar-refractivity contribution is -0.122. The second-order valence-corrected chi connectivity index (χ2v) is 8.13. The summed E-state index contributed by atoms with van der Waals surface area (Å²) in [6, 6.07) is 4.44. The molecule has 146 valence electrons. The molecule has 0 fully saturated rings. The van der Waals surface area contributed by atoms with Crippen LogP contribution in [0.4, 0.5) is 0 Å². The molecule has 0 bridgehead atoms. The van der Waals surface area contributed by atoms with E-state index in [4.69, 9.17) is 23.2 Å². The Balaban J connectivity index is 1.62. The maximum absolute atomic E-state index is 12.6. The number of fused-ring (bicyclic) bond motifs is 1. The Bertz CT molecular complexity index is 1140. The van der Waals surface area contributed by atoms with Gasteiger partial charge in [0.1, 0.15) is 4.83 Å². The summed E-state index contributed by atoms with van der Waals surface area (Å²) in [6.45, 7) is 3.95. The monoisotopic (exact) mass is 438 g/mol. The van der Waals surface area contributed by atoms with Crippen molar-refractivity contribution in [3.8, 4) is 0 Å². The van der Waals surface area contributed by atoms with Crippen LogP contribution in [0.1, 0.15) is 27.2 Å². The Morgan fingerprint density at radius 3 is 2.71 bits per heavy atom. The highest BCUT2D eigenvalue weighted by Gasteiger charge is 2.14. The molecule has 28 heavy (non-hydrogen) atoms. The van der Waals surface area contributed by atoms with Gasteiger partial charge in [-0.2, -0.15) is 0 Å². The quantitative estimate of drug-likeness (QED) is 0.611. The van der Waals surface area contributed by atoms with Crippen LogP contribution in [0.15, 0.2) is 29.3 Å². The van der Waals surface area contributed by atoms with Crippen LogP contribution in [-0.2, 0) is 11.3 Å². The van der Waals surface area contributed by atoms with Crippen molar-refractivity contribution < 1.29 is 9.59 Å². The fourth-order valence-electron chi connectivity index (χ4n) is 2.58. The van der Waals surface area contributed by atoms with Gasteiger partial charge in [0.25, 0.3) is 11.5 Å². The second-order valence-electron chi connectivity index (χ2n) is 6.08. The number of amides is 2. The minimum Gasteiger partial charge on any atom is -0.298 e. The Hall–Kier alpha value is -2.42. The summed E-state index contributed by atoms with van der Waals surface area (Å²) < 4.78 is 1.39. The van der Waals surface area contributed by atoms with Gasteiger partial charge in [0.2, 0.25) is 5.91 Å². The van der Waals surface area contributed by atoms with E-state index >= 15 is 0 Å². The van der Waals surface area contributed by atoms with Gasteiger partial charge in [0.05, 0.1) is 22.3 Å². The minimum atomic E-state index is -0.592. The third-order valence-electron chi connectivity index (χ3n) is 4.22. The van der Waals surface area contributed by atoms with Gasteiger partial charge in [0.15, 0.2) is 0 Å². The Labute approximate surface area is 174 Å². The molecule has 0 radical (unpaired) electrons. The third kappa shape index (κ3) is 4.19. The number of rotatable bonds is 4. The molecule has 0 saturated carbocycles. The smallest absolute Gasteiger partial charge is 0.271 e. The van der Waals surface area contributed by atoms with E-state index in [1.54, 1.807) is 6.07 Å². The largest absolute Gasteiger partial charge is 0.298 e. The fraction of sp³-hybridized carbons (Fsp3) is 0.222. The van der Waals surface area contributed by atoms with Crippen molar-refractivity contribution in [2.24, 2.45) is 0 Å². The first-order chi connectivity index (χ1) is 13.3. The maximum atomic E-state index is 12.6. The molecule has 0 aliphatic carbocycles. The van der Waals surface area contributed by atoms with Gasteiger partial charge in [-0.25, -0.2) is 4.98 Å². The van der Waals surface area contributed by atoms with Gasteiger partial charge in [-0.1, -0.05) is 23.2 Å². The first kappa shape index (κ1) is 20.3. The summed E-state index contributed by atoms with van der Waals surface area (Å²) in [5.41, 5.74) is 5.43. The van der Waals surface area contributed by atoms with Crippen molar-refractivity contribution in [2.75, 3.05) is 0 Å². The number of benzene rings is 1. The Morgan fingerprint density at radius 2 is 1.96 bits per heavy atom. The number of aromatic nitrogens is 2. The van der Waals surface area contributed by atoms with Crippen LogP contribution in [0.3, 0.4) is 0 Å². The van der Waals surface area contributed by atoms with Crippen LogP contribution >= 0.6 is 34.5 Å². The molecule has 0 aliphatic heterocycles. The third-order valence-corrected chi connectivity index (χ3v) is 5.90. The van der Waals surface area contributed by atoms with Gasteiger partial charge in [-0.05, 0) is 37.6 Å². The number of nitrogens with one attached hydrogen (secondary N) is 2. The first-order valence-electron chi connectivity index (χ1n) is 8.27. The molecule has 0 atom stereocenters. The van der Waals surface area contributed by atoms with Crippen molar-refractivity contribution >= 4 is 56.6 Å². The van der Waals surface area contributed by atoms with Crippen molar-refractivity contribution in [1.29, 1.82) is 0 Å². The van der Waals surface area contributed by atoms with Crippen molar-refractivity contribution in [2.45, 2.75) is 26.8 Å². The average molecular weight is 439 g/mol. The predicted octanol–water partition coefficient (Wildman–Crippen LogP) is 3.23. The van der Waals surface area contributed by atoms with E-state index in [1.807, 2.05) is 13.8 Å². The van der Waals surface area contributed by atoms with E-state index in [9.17, 15) is 14.4 Å². The van der Waals surface area contributed by atoms with Crippen molar-refractivity contribution in [3.05, 3.63) is 60.9 Å². The number of hydrazine groups is 1. The molecule has 2 heterocycles. The molecule has 2 N–H and O–H groups in total. The zero-order valence-electron chi connectivity index (χ0n) is 15.0. The molecule has 3 aromatic rings. The van der Waals surface area contributed by atoms with Gasteiger partial charge >= 0.3 is 0 Å². The zero-order valence-corrected chi connectivity index (χ0v) is 17.3. The number of carbonyl (C=O) groups excluding carboxylic acids is 2. The number of aryl methyl sites for hydroxylation is 3. The van der Waals surface area contributed by atoms with Crippen LogP contribution in [0.2, 0.25) is 10.0 Å². The summed E-state index contributed by atoms with van der Waals surface area (Å²) >= 11 is 13.3. The van der Waals surface area contributed by atoms with Crippen LogP contribution in [0.5, 0.6) is 0 Å². The molecule has 0 aliphatic rings. The van der Waals surface area contributed by atoms with Gasteiger partial charge in [0, 0.05) is 22.9 Å². The predicted molar refractivity (Wildman–Crippen MR) is 110 cm³/mol. The summed E-state index contributed by atoms with van der Waals surface area (Å²) in [6.07, 6.45) is 1.41. The second kappa shape index (κ2) is 8.30.